The number of carboxylic acid groups (broad SMARTS) is 1. The molecule has 0 radical (unpaired) electrons. The van der Waals surface area contributed by atoms with E-state index in [2.05, 4.69) is 0 Å². The van der Waals surface area contributed by atoms with E-state index in [9.17, 15) is 4.79 Å². The Kier molecular flexibility index (Phi) is 4.07. The van der Waals surface area contributed by atoms with Gasteiger partial charge in [0.1, 0.15) is 0 Å². The normalized spacial score (nSPS) is 11.0. The van der Waals surface area contributed by atoms with Gasteiger partial charge in [0.05, 0.1) is 10.0 Å². The molecule has 0 spiro atoms. The Labute approximate surface area is 118 Å². The summed E-state index contributed by atoms with van der Waals surface area (Å²) in [7, 11) is 0. The predicted molar refractivity (Wildman–Crippen MR) is 76.4 cm³/mol. The van der Waals surface area contributed by atoms with Gasteiger partial charge in [0.15, 0.2) is 0 Å². The maximum Gasteiger partial charge on any atom is 0.328 e. The number of hydrogen-bond donors (Lipinski definition) is 1. The van der Waals surface area contributed by atoms with Crippen molar-refractivity contribution < 1.29 is 9.90 Å². The molecule has 2 rings (SSSR count). The Morgan fingerprint density at radius 3 is 2.61 bits per heavy atom. The van der Waals surface area contributed by atoms with Crippen LogP contribution in [0, 0.1) is 0 Å². The van der Waals surface area contributed by atoms with Gasteiger partial charge in [-0.1, -0.05) is 29.3 Å². The highest BCUT2D eigenvalue weighted by Gasteiger charge is 2.04. The van der Waals surface area contributed by atoms with Crippen molar-refractivity contribution in [3.8, 4) is 10.4 Å². The van der Waals surface area contributed by atoms with E-state index in [4.69, 9.17) is 28.3 Å². The summed E-state index contributed by atoms with van der Waals surface area (Å²) < 4.78 is 0. The molecule has 0 bridgehead atoms. The fourth-order valence-electron chi connectivity index (χ4n) is 1.40. The van der Waals surface area contributed by atoms with Gasteiger partial charge in [0.2, 0.25) is 0 Å². The first-order valence-electron chi connectivity index (χ1n) is 5.02. The van der Waals surface area contributed by atoms with Crippen molar-refractivity contribution >= 4 is 46.6 Å². The molecule has 1 N–H and O–H groups in total. The summed E-state index contributed by atoms with van der Waals surface area (Å²) in [5.41, 5.74) is 0.962. The molecule has 0 aliphatic rings. The standard InChI is InChI=1S/C13H8Cl2O2S/c14-10-4-1-8(7-11(10)15)12-5-2-9(18-12)3-6-13(16)17/h1-7H,(H,16,17)/b6-3+. The van der Waals surface area contributed by atoms with Gasteiger partial charge in [-0.2, -0.15) is 0 Å². The van der Waals surface area contributed by atoms with Crippen LogP contribution < -0.4 is 0 Å². The first-order chi connectivity index (χ1) is 8.56. The molecule has 18 heavy (non-hydrogen) atoms. The number of hydrogen-bond acceptors (Lipinski definition) is 2. The smallest absolute Gasteiger partial charge is 0.328 e. The summed E-state index contributed by atoms with van der Waals surface area (Å²) in [6, 6.07) is 9.20. The number of halogens is 2. The number of rotatable bonds is 3. The molecule has 0 saturated heterocycles. The molecule has 1 aromatic heterocycles. The van der Waals surface area contributed by atoms with Crippen LogP contribution in [0.25, 0.3) is 16.5 Å². The van der Waals surface area contributed by atoms with E-state index in [-0.39, 0.29) is 0 Å². The van der Waals surface area contributed by atoms with Crippen molar-refractivity contribution in [2.75, 3.05) is 0 Å². The highest BCUT2D eigenvalue weighted by molar-refractivity contribution is 7.16. The van der Waals surface area contributed by atoms with Crippen molar-refractivity contribution in [1.29, 1.82) is 0 Å². The maximum absolute atomic E-state index is 10.4. The first kappa shape index (κ1) is 13.1. The molecule has 0 atom stereocenters. The van der Waals surface area contributed by atoms with E-state index in [1.807, 2.05) is 18.2 Å². The molecule has 0 unspecified atom stereocenters. The third-order valence-corrected chi connectivity index (χ3v) is 4.06. The second-order valence-electron chi connectivity index (χ2n) is 3.50. The van der Waals surface area contributed by atoms with Crippen molar-refractivity contribution in [3.63, 3.8) is 0 Å². The number of carbonyl (C=O) groups is 1. The fraction of sp³-hybridized carbons (Fsp3) is 0. The van der Waals surface area contributed by atoms with Gasteiger partial charge in [0.25, 0.3) is 0 Å². The number of thiophene rings is 1. The molecular formula is C13H8Cl2O2S. The minimum absolute atomic E-state index is 0.505. The largest absolute Gasteiger partial charge is 0.478 e. The van der Waals surface area contributed by atoms with Gasteiger partial charge < -0.3 is 5.11 Å². The molecular weight excluding hydrogens is 291 g/mol. The third-order valence-electron chi connectivity index (χ3n) is 2.22. The second-order valence-corrected chi connectivity index (χ2v) is 5.43. The average Bonchev–Trinajstić information content (AvgIpc) is 2.79. The van der Waals surface area contributed by atoms with Crippen LogP contribution in [0.15, 0.2) is 36.4 Å². The van der Waals surface area contributed by atoms with Crippen LogP contribution in [0.2, 0.25) is 10.0 Å². The minimum atomic E-state index is -0.959. The molecule has 2 nitrogen and oxygen atoms in total. The van der Waals surface area contributed by atoms with Gasteiger partial charge in [-0.05, 0) is 35.9 Å². The second kappa shape index (κ2) is 5.57. The van der Waals surface area contributed by atoms with Crippen LogP contribution in [0.4, 0.5) is 0 Å². The van der Waals surface area contributed by atoms with Crippen LogP contribution in [-0.4, -0.2) is 11.1 Å². The molecule has 92 valence electrons. The SMILES string of the molecule is O=C(O)/C=C/c1ccc(-c2ccc(Cl)c(Cl)c2)s1. The lowest BCUT2D eigenvalue weighted by Crippen LogP contribution is -1.84. The Morgan fingerprint density at radius 1 is 1.17 bits per heavy atom. The van der Waals surface area contributed by atoms with E-state index in [0.717, 1.165) is 21.4 Å². The molecule has 1 aromatic carbocycles. The van der Waals surface area contributed by atoms with Crippen molar-refractivity contribution in [3.05, 3.63) is 51.3 Å². The quantitative estimate of drug-likeness (QED) is 0.825. The molecule has 1 heterocycles. The summed E-state index contributed by atoms with van der Waals surface area (Å²) >= 11 is 13.3. The van der Waals surface area contributed by atoms with Gasteiger partial charge in [-0.25, -0.2) is 4.79 Å². The molecule has 5 heteroatoms. The number of aliphatic carboxylic acids is 1. The molecule has 0 fully saturated rings. The van der Waals surface area contributed by atoms with E-state index in [1.54, 1.807) is 18.2 Å². The van der Waals surface area contributed by atoms with Crippen LogP contribution in [-0.2, 0) is 4.79 Å². The summed E-state index contributed by atoms with van der Waals surface area (Å²) in [5, 5.41) is 9.57. The van der Waals surface area contributed by atoms with Crippen molar-refractivity contribution in [2.45, 2.75) is 0 Å². The zero-order valence-corrected chi connectivity index (χ0v) is 11.4. The van der Waals surface area contributed by atoms with Gasteiger partial charge in [0, 0.05) is 15.8 Å². The van der Waals surface area contributed by atoms with Crippen molar-refractivity contribution in [2.24, 2.45) is 0 Å². The molecule has 0 amide bonds. The molecule has 2 aromatic rings. The molecule has 0 aliphatic heterocycles. The van der Waals surface area contributed by atoms with Crippen LogP contribution in [0.1, 0.15) is 4.88 Å². The van der Waals surface area contributed by atoms with E-state index < -0.39 is 5.97 Å². The highest BCUT2D eigenvalue weighted by atomic mass is 35.5. The lowest BCUT2D eigenvalue weighted by atomic mass is 10.2. The molecule has 0 aliphatic carbocycles. The monoisotopic (exact) mass is 298 g/mol. The minimum Gasteiger partial charge on any atom is -0.478 e. The van der Waals surface area contributed by atoms with Gasteiger partial charge >= 0.3 is 5.97 Å². The zero-order chi connectivity index (χ0) is 13.1. The van der Waals surface area contributed by atoms with Gasteiger partial charge in [-0.15, -0.1) is 11.3 Å². The van der Waals surface area contributed by atoms with Crippen LogP contribution in [0.5, 0.6) is 0 Å². The van der Waals surface area contributed by atoms with Crippen LogP contribution in [0.3, 0.4) is 0 Å². The van der Waals surface area contributed by atoms with Crippen LogP contribution >= 0.6 is 34.5 Å². The Bertz CT molecular complexity index is 617. The highest BCUT2D eigenvalue weighted by Crippen LogP contribution is 2.33. The molecule has 0 saturated carbocycles. The van der Waals surface area contributed by atoms with Gasteiger partial charge in [-0.3, -0.25) is 0 Å². The Hall–Kier alpha value is -1.29. The average molecular weight is 299 g/mol. The van der Waals surface area contributed by atoms with Crippen molar-refractivity contribution in [1.82, 2.24) is 0 Å². The van der Waals surface area contributed by atoms with E-state index in [1.165, 1.54) is 11.3 Å². The summed E-state index contributed by atoms with van der Waals surface area (Å²) in [5.74, 6) is -0.959. The third kappa shape index (κ3) is 3.13. The zero-order valence-electron chi connectivity index (χ0n) is 9.06. The lowest BCUT2D eigenvalue weighted by molar-refractivity contribution is -0.131. The summed E-state index contributed by atoms with van der Waals surface area (Å²) in [6.07, 6.45) is 2.68. The first-order valence-corrected chi connectivity index (χ1v) is 6.60. The number of carboxylic acids is 1. The number of benzene rings is 1. The van der Waals surface area contributed by atoms with E-state index in [0.29, 0.717) is 10.0 Å². The Morgan fingerprint density at radius 2 is 1.94 bits per heavy atom. The predicted octanol–water partition coefficient (Wildman–Crippen LogP) is 4.82. The maximum atomic E-state index is 10.4. The Balaban J connectivity index is 2.29. The summed E-state index contributed by atoms with van der Waals surface area (Å²) in [4.78, 5) is 12.3. The lowest BCUT2D eigenvalue weighted by Gasteiger charge is -1.99. The fourth-order valence-corrected chi connectivity index (χ4v) is 2.61. The topological polar surface area (TPSA) is 37.3 Å². The summed E-state index contributed by atoms with van der Waals surface area (Å²) in [6.45, 7) is 0. The van der Waals surface area contributed by atoms with E-state index >= 15 is 0 Å².